The average molecular weight is 213 g/mol. The molecule has 16 heavy (non-hydrogen) atoms. The lowest BCUT2D eigenvalue weighted by Gasteiger charge is -1.98. The number of rotatable bonds is 3. The zero-order chi connectivity index (χ0) is 11.2. The van der Waals surface area contributed by atoms with Gasteiger partial charge in [-0.1, -0.05) is 0 Å². The van der Waals surface area contributed by atoms with Crippen molar-refractivity contribution in [3.8, 4) is 5.75 Å². The predicted molar refractivity (Wildman–Crippen MR) is 62.3 cm³/mol. The number of aromatic nitrogens is 2. The Kier molecular flexibility index (Phi) is 3.23. The first-order valence-electron chi connectivity index (χ1n) is 4.83. The van der Waals surface area contributed by atoms with Gasteiger partial charge in [0.05, 0.1) is 7.11 Å². The molecule has 0 saturated heterocycles. The fourth-order valence-corrected chi connectivity index (χ4v) is 1.18. The maximum absolute atomic E-state index is 5.06. The summed E-state index contributed by atoms with van der Waals surface area (Å²) >= 11 is 0. The summed E-state index contributed by atoms with van der Waals surface area (Å²) in [4.78, 5) is 12.1. The van der Waals surface area contributed by atoms with Crippen LogP contribution in [-0.4, -0.2) is 23.3 Å². The van der Waals surface area contributed by atoms with Crippen LogP contribution in [0.25, 0.3) is 0 Å². The van der Waals surface area contributed by atoms with Crippen LogP contribution in [0.3, 0.4) is 0 Å². The van der Waals surface area contributed by atoms with Crippen LogP contribution in [0.1, 0.15) is 5.56 Å². The molecule has 1 aromatic heterocycles. The highest BCUT2D eigenvalue weighted by atomic mass is 16.5. The Morgan fingerprint density at radius 2 is 1.81 bits per heavy atom. The molecule has 4 nitrogen and oxygen atoms in total. The molecular weight excluding hydrogens is 202 g/mol. The summed E-state index contributed by atoms with van der Waals surface area (Å²) in [7, 11) is 1.64. The Hall–Kier alpha value is -2.23. The molecular formula is C12H11N3O. The Labute approximate surface area is 93.7 Å². The highest BCUT2D eigenvalue weighted by Crippen LogP contribution is 2.10. The molecule has 4 heteroatoms. The molecule has 0 bridgehead atoms. The Balaban J connectivity index is 2.12. The second-order valence-electron chi connectivity index (χ2n) is 3.08. The first kappa shape index (κ1) is 10.3. The highest BCUT2D eigenvalue weighted by molar-refractivity contribution is 5.81. The van der Waals surface area contributed by atoms with Crippen molar-refractivity contribution >= 4 is 12.2 Å². The molecule has 2 rings (SSSR count). The third-order valence-electron chi connectivity index (χ3n) is 2.00. The van der Waals surface area contributed by atoms with E-state index in [2.05, 4.69) is 15.0 Å². The first-order chi connectivity index (χ1) is 7.88. The molecule has 0 spiro atoms. The number of benzene rings is 1. The maximum Gasteiger partial charge on any atom is 0.249 e. The fraction of sp³-hybridized carbons (Fsp3) is 0.0833. The van der Waals surface area contributed by atoms with E-state index in [9.17, 15) is 0 Å². The highest BCUT2D eigenvalue weighted by Gasteiger charge is 1.91. The molecule has 1 aromatic carbocycles. The van der Waals surface area contributed by atoms with Crippen LogP contribution in [-0.2, 0) is 0 Å². The van der Waals surface area contributed by atoms with Crippen molar-refractivity contribution in [3.63, 3.8) is 0 Å². The maximum atomic E-state index is 5.06. The van der Waals surface area contributed by atoms with Crippen LogP contribution >= 0.6 is 0 Å². The van der Waals surface area contributed by atoms with Gasteiger partial charge in [-0.2, -0.15) is 0 Å². The van der Waals surface area contributed by atoms with Crippen molar-refractivity contribution in [2.75, 3.05) is 7.11 Å². The molecule has 0 aliphatic heterocycles. The van der Waals surface area contributed by atoms with Gasteiger partial charge in [-0.15, -0.1) is 0 Å². The van der Waals surface area contributed by atoms with Gasteiger partial charge in [0.25, 0.3) is 0 Å². The summed E-state index contributed by atoms with van der Waals surface area (Å²) in [5, 5.41) is 0. The first-order valence-corrected chi connectivity index (χ1v) is 4.83. The van der Waals surface area contributed by atoms with Crippen molar-refractivity contribution in [3.05, 3.63) is 48.3 Å². The standard InChI is InChI=1S/C12H11N3O/c1-16-11-5-3-10(4-6-11)9-15-12-13-7-2-8-14-12/h2-9H,1H3/b15-9+. The lowest BCUT2D eigenvalue weighted by molar-refractivity contribution is 0.415. The van der Waals surface area contributed by atoms with Gasteiger partial charge in [-0.05, 0) is 35.9 Å². The van der Waals surface area contributed by atoms with Crippen LogP contribution in [0, 0.1) is 0 Å². The molecule has 2 aromatic rings. The smallest absolute Gasteiger partial charge is 0.249 e. The molecule has 0 fully saturated rings. The monoisotopic (exact) mass is 213 g/mol. The SMILES string of the molecule is COc1ccc(/C=N/c2ncccn2)cc1. The third-order valence-corrected chi connectivity index (χ3v) is 2.00. The molecule has 1 heterocycles. The van der Waals surface area contributed by atoms with Crippen molar-refractivity contribution in [1.29, 1.82) is 0 Å². The summed E-state index contributed by atoms with van der Waals surface area (Å²) in [6.07, 6.45) is 5.04. The molecule has 0 amide bonds. The number of hydrogen-bond acceptors (Lipinski definition) is 4. The molecule has 0 aliphatic carbocycles. The number of methoxy groups -OCH3 is 1. The number of hydrogen-bond donors (Lipinski definition) is 0. The lowest BCUT2D eigenvalue weighted by Crippen LogP contribution is -1.85. The minimum Gasteiger partial charge on any atom is -0.497 e. The van der Waals surface area contributed by atoms with Crippen LogP contribution in [0.4, 0.5) is 5.95 Å². The van der Waals surface area contributed by atoms with Gasteiger partial charge in [0.15, 0.2) is 0 Å². The predicted octanol–water partition coefficient (Wildman–Crippen LogP) is 2.24. The summed E-state index contributed by atoms with van der Waals surface area (Å²) < 4.78 is 5.06. The largest absolute Gasteiger partial charge is 0.497 e. The van der Waals surface area contributed by atoms with Gasteiger partial charge in [0.1, 0.15) is 5.75 Å². The molecule has 0 aliphatic rings. The van der Waals surface area contributed by atoms with E-state index in [1.165, 1.54) is 0 Å². The Morgan fingerprint density at radius 1 is 1.12 bits per heavy atom. The zero-order valence-electron chi connectivity index (χ0n) is 8.87. The topological polar surface area (TPSA) is 47.4 Å². The molecule has 0 atom stereocenters. The van der Waals surface area contributed by atoms with Crippen LogP contribution in [0.15, 0.2) is 47.7 Å². The van der Waals surface area contributed by atoms with E-state index in [0.717, 1.165) is 11.3 Å². The van der Waals surface area contributed by atoms with Crippen LogP contribution < -0.4 is 4.74 Å². The van der Waals surface area contributed by atoms with Gasteiger partial charge in [-0.3, -0.25) is 0 Å². The normalized spacial score (nSPS) is 10.6. The van der Waals surface area contributed by atoms with Crippen LogP contribution in [0.2, 0.25) is 0 Å². The molecule has 0 unspecified atom stereocenters. The quantitative estimate of drug-likeness (QED) is 0.734. The van der Waals surface area contributed by atoms with Gasteiger partial charge in [-0.25, -0.2) is 15.0 Å². The Morgan fingerprint density at radius 3 is 2.44 bits per heavy atom. The van der Waals surface area contributed by atoms with Gasteiger partial charge in [0.2, 0.25) is 5.95 Å². The minimum atomic E-state index is 0.457. The molecule has 0 radical (unpaired) electrons. The summed E-state index contributed by atoms with van der Waals surface area (Å²) in [6.45, 7) is 0. The second kappa shape index (κ2) is 5.02. The van der Waals surface area contributed by atoms with Gasteiger partial charge >= 0.3 is 0 Å². The van der Waals surface area contributed by atoms with E-state index in [0.29, 0.717) is 5.95 Å². The zero-order valence-corrected chi connectivity index (χ0v) is 8.87. The molecule has 0 saturated carbocycles. The van der Waals surface area contributed by atoms with E-state index in [-0.39, 0.29) is 0 Å². The van der Waals surface area contributed by atoms with E-state index >= 15 is 0 Å². The second-order valence-corrected chi connectivity index (χ2v) is 3.08. The van der Waals surface area contributed by atoms with E-state index in [1.54, 1.807) is 31.8 Å². The summed E-state index contributed by atoms with van der Waals surface area (Å²) in [6, 6.07) is 9.36. The fourth-order valence-electron chi connectivity index (χ4n) is 1.18. The summed E-state index contributed by atoms with van der Waals surface area (Å²) in [5.41, 5.74) is 0.980. The molecule has 0 N–H and O–H groups in total. The lowest BCUT2D eigenvalue weighted by atomic mass is 10.2. The average Bonchev–Trinajstić information content (AvgIpc) is 2.38. The van der Waals surface area contributed by atoms with Gasteiger partial charge < -0.3 is 4.74 Å². The van der Waals surface area contributed by atoms with E-state index in [1.807, 2.05) is 24.3 Å². The van der Waals surface area contributed by atoms with E-state index in [4.69, 9.17) is 4.74 Å². The Bertz CT molecular complexity index is 465. The minimum absolute atomic E-state index is 0.457. The van der Waals surface area contributed by atoms with E-state index < -0.39 is 0 Å². The third kappa shape index (κ3) is 2.63. The van der Waals surface area contributed by atoms with Crippen molar-refractivity contribution in [2.45, 2.75) is 0 Å². The van der Waals surface area contributed by atoms with Crippen molar-refractivity contribution < 1.29 is 4.74 Å². The van der Waals surface area contributed by atoms with Gasteiger partial charge in [0, 0.05) is 18.6 Å². The molecule has 80 valence electrons. The number of aliphatic imine (C=N–C) groups is 1. The number of nitrogens with zero attached hydrogens (tertiary/aromatic N) is 3. The number of ether oxygens (including phenoxy) is 1. The van der Waals surface area contributed by atoms with Crippen molar-refractivity contribution in [2.24, 2.45) is 4.99 Å². The van der Waals surface area contributed by atoms with Crippen molar-refractivity contribution in [1.82, 2.24) is 9.97 Å². The summed E-state index contributed by atoms with van der Waals surface area (Å²) in [5.74, 6) is 1.28. The van der Waals surface area contributed by atoms with Crippen LogP contribution in [0.5, 0.6) is 5.75 Å².